The van der Waals surface area contributed by atoms with Crippen molar-refractivity contribution >= 4 is 0 Å². The van der Waals surface area contributed by atoms with Crippen LogP contribution < -0.4 is 14.8 Å². The Morgan fingerprint density at radius 1 is 1.10 bits per heavy atom. The number of nitrogens with zero attached hydrogens (tertiary/aromatic N) is 2. The number of nitrogens with one attached hydrogen (secondary N) is 1. The van der Waals surface area contributed by atoms with Crippen molar-refractivity contribution in [1.29, 1.82) is 0 Å². The van der Waals surface area contributed by atoms with Crippen LogP contribution in [-0.2, 0) is 13.1 Å². The Hall–Kier alpha value is -2.14. The van der Waals surface area contributed by atoms with E-state index in [0.717, 1.165) is 36.1 Å². The first kappa shape index (κ1) is 12.9. The lowest BCUT2D eigenvalue weighted by molar-refractivity contribution is 0.171. The minimum atomic E-state index is 0.615. The molecule has 0 bridgehead atoms. The van der Waals surface area contributed by atoms with Gasteiger partial charge in [-0.1, -0.05) is 6.07 Å². The van der Waals surface area contributed by atoms with Crippen LogP contribution in [0.15, 0.2) is 30.5 Å². The Balaban J connectivity index is 1.58. The molecule has 104 valence electrons. The smallest absolute Gasteiger partial charge is 0.161 e. The highest BCUT2D eigenvalue weighted by Gasteiger charge is 2.11. The average molecular weight is 271 g/mol. The molecule has 0 unspecified atom stereocenters. The van der Waals surface area contributed by atoms with Gasteiger partial charge < -0.3 is 14.8 Å². The van der Waals surface area contributed by atoms with Gasteiger partial charge in [-0.25, -0.2) is 9.97 Å². The summed E-state index contributed by atoms with van der Waals surface area (Å²) < 4.78 is 11.1. The first-order valence-electron chi connectivity index (χ1n) is 6.69. The molecule has 5 heteroatoms. The lowest BCUT2D eigenvalue weighted by atomic mass is 10.2. The van der Waals surface area contributed by atoms with Crippen LogP contribution in [0.25, 0.3) is 0 Å². The number of aryl methyl sites for hydroxylation is 1. The summed E-state index contributed by atoms with van der Waals surface area (Å²) in [5.74, 6) is 2.45. The summed E-state index contributed by atoms with van der Waals surface area (Å²) in [4.78, 5) is 8.44. The van der Waals surface area contributed by atoms with Gasteiger partial charge in [0.1, 0.15) is 19.0 Å². The molecular weight excluding hydrogens is 254 g/mol. The monoisotopic (exact) mass is 271 g/mol. The van der Waals surface area contributed by atoms with Crippen LogP contribution in [-0.4, -0.2) is 23.2 Å². The van der Waals surface area contributed by atoms with E-state index >= 15 is 0 Å². The normalized spacial score (nSPS) is 13.2. The average Bonchev–Trinajstić information content (AvgIpc) is 2.47. The molecule has 0 amide bonds. The van der Waals surface area contributed by atoms with Crippen LogP contribution in [0.4, 0.5) is 0 Å². The van der Waals surface area contributed by atoms with E-state index in [9.17, 15) is 0 Å². The second kappa shape index (κ2) is 5.88. The molecule has 0 spiro atoms. The minimum absolute atomic E-state index is 0.615. The maximum atomic E-state index is 5.57. The molecule has 1 N–H and O–H groups in total. The zero-order valence-corrected chi connectivity index (χ0v) is 11.4. The Kier molecular flexibility index (Phi) is 3.78. The van der Waals surface area contributed by atoms with Crippen molar-refractivity contribution in [3.05, 3.63) is 47.5 Å². The largest absolute Gasteiger partial charge is 0.486 e. The second-order valence-corrected chi connectivity index (χ2v) is 4.68. The molecule has 3 rings (SSSR count). The van der Waals surface area contributed by atoms with Crippen molar-refractivity contribution in [3.8, 4) is 11.5 Å². The van der Waals surface area contributed by atoms with E-state index in [1.165, 1.54) is 5.56 Å². The predicted molar refractivity (Wildman–Crippen MR) is 74.7 cm³/mol. The topological polar surface area (TPSA) is 56.3 Å². The van der Waals surface area contributed by atoms with Crippen LogP contribution in [0.5, 0.6) is 11.5 Å². The molecule has 1 aliphatic heterocycles. The van der Waals surface area contributed by atoms with Crippen molar-refractivity contribution in [3.63, 3.8) is 0 Å². The number of benzene rings is 1. The highest BCUT2D eigenvalue weighted by molar-refractivity contribution is 5.43. The van der Waals surface area contributed by atoms with E-state index in [-0.39, 0.29) is 0 Å². The fourth-order valence-electron chi connectivity index (χ4n) is 2.14. The highest BCUT2D eigenvalue weighted by atomic mass is 16.6. The van der Waals surface area contributed by atoms with Crippen LogP contribution in [0.2, 0.25) is 0 Å². The van der Waals surface area contributed by atoms with E-state index in [4.69, 9.17) is 9.47 Å². The van der Waals surface area contributed by atoms with Gasteiger partial charge in [-0.2, -0.15) is 0 Å². The lowest BCUT2D eigenvalue weighted by Crippen LogP contribution is -2.17. The van der Waals surface area contributed by atoms with Gasteiger partial charge in [0, 0.05) is 19.3 Å². The van der Waals surface area contributed by atoms with Gasteiger partial charge >= 0.3 is 0 Å². The number of ether oxygens (including phenoxy) is 2. The molecule has 0 fully saturated rings. The Morgan fingerprint density at radius 3 is 2.80 bits per heavy atom. The maximum Gasteiger partial charge on any atom is 0.161 e. The Morgan fingerprint density at radius 2 is 1.95 bits per heavy atom. The molecule has 1 aromatic carbocycles. The Bertz CT molecular complexity index is 601. The maximum absolute atomic E-state index is 5.57. The van der Waals surface area contributed by atoms with Crippen molar-refractivity contribution in [1.82, 2.24) is 15.3 Å². The van der Waals surface area contributed by atoms with Gasteiger partial charge in [-0.3, -0.25) is 0 Å². The first-order valence-corrected chi connectivity index (χ1v) is 6.69. The molecule has 2 aromatic rings. The van der Waals surface area contributed by atoms with Crippen LogP contribution >= 0.6 is 0 Å². The van der Waals surface area contributed by atoms with Crippen LogP contribution in [0.1, 0.15) is 17.1 Å². The summed E-state index contributed by atoms with van der Waals surface area (Å²) in [6, 6.07) is 7.95. The van der Waals surface area contributed by atoms with E-state index in [1.807, 2.05) is 31.2 Å². The quantitative estimate of drug-likeness (QED) is 0.919. The summed E-state index contributed by atoms with van der Waals surface area (Å²) in [7, 11) is 0. The highest BCUT2D eigenvalue weighted by Crippen LogP contribution is 2.30. The summed E-state index contributed by atoms with van der Waals surface area (Å²) in [6.07, 6.45) is 1.78. The minimum Gasteiger partial charge on any atom is -0.486 e. The predicted octanol–water partition coefficient (Wildman–Crippen LogP) is 1.85. The molecule has 1 aliphatic rings. The SMILES string of the molecule is Cc1nccc(CNCc2ccc3c(c2)OCCO3)n1. The van der Waals surface area contributed by atoms with Crippen LogP contribution in [0, 0.1) is 6.92 Å². The second-order valence-electron chi connectivity index (χ2n) is 4.68. The number of rotatable bonds is 4. The van der Waals surface area contributed by atoms with Crippen molar-refractivity contribution in [2.45, 2.75) is 20.0 Å². The number of hydrogen-bond donors (Lipinski definition) is 1. The standard InChI is InChI=1S/C15H17N3O2/c1-11-17-5-4-13(18-11)10-16-9-12-2-3-14-15(8-12)20-7-6-19-14/h2-5,8,16H,6-7,9-10H2,1H3. The fourth-order valence-corrected chi connectivity index (χ4v) is 2.14. The fraction of sp³-hybridized carbons (Fsp3) is 0.333. The summed E-state index contributed by atoms with van der Waals surface area (Å²) in [5.41, 5.74) is 2.16. The van der Waals surface area contributed by atoms with E-state index in [0.29, 0.717) is 13.2 Å². The molecule has 5 nitrogen and oxygen atoms in total. The van der Waals surface area contributed by atoms with Crippen molar-refractivity contribution < 1.29 is 9.47 Å². The zero-order valence-electron chi connectivity index (χ0n) is 11.4. The molecule has 0 saturated carbocycles. The molecule has 2 heterocycles. The van der Waals surface area contributed by atoms with Gasteiger partial charge in [-0.15, -0.1) is 0 Å². The van der Waals surface area contributed by atoms with Crippen molar-refractivity contribution in [2.24, 2.45) is 0 Å². The van der Waals surface area contributed by atoms with Gasteiger partial charge in [-0.05, 0) is 30.7 Å². The third kappa shape index (κ3) is 3.05. The molecule has 0 radical (unpaired) electrons. The molecular formula is C15H17N3O2. The first-order chi connectivity index (χ1) is 9.81. The van der Waals surface area contributed by atoms with Crippen LogP contribution in [0.3, 0.4) is 0 Å². The van der Waals surface area contributed by atoms with Gasteiger partial charge in [0.25, 0.3) is 0 Å². The van der Waals surface area contributed by atoms with E-state index < -0.39 is 0 Å². The van der Waals surface area contributed by atoms with E-state index in [1.54, 1.807) is 6.20 Å². The van der Waals surface area contributed by atoms with Gasteiger partial charge in [0.2, 0.25) is 0 Å². The summed E-state index contributed by atoms with van der Waals surface area (Å²) >= 11 is 0. The van der Waals surface area contributed by atoms with E-state index in [2.05, 4.69) is 15.3 Å². The molecule has 0 atom stereocenters. The molecule has 0 aliphatic carbocycles. The molecule has 1 aromatic heterocycles. The zero-order chi connectivity index (χ0) is 13.8. The third-order valence-electron chi connectivity index (χ3n) is 3.08. The summed E-state index contributed by atoms with van der Waals surface area (Å²) in [6.45, 7) is 4.61. The summed E-state index contributed by atoms with van der Waals surface area (Å²) in [5, 5.41) is 3.37. The molecule has 20 heavy (non-hydrogen) atoms. The number of aromatic nitrogens is 2. The van der Waals surface area contributed by atoms with Crippen molar-refractivity contribution in [2.75, 3.05) is 13.2 Å². The lowest BCUT2D eigenvalue weighted by Gasteiger charge is -2.19. The number of fused-ring (bicyclic) bond motifs is 1. The Labute approximate surface area is 118 Å². The third-order valence-corrected chi connectivity index (χ3v) is 3.08. The molecule has 0 saturated heterocycles. The van der Waals surface area contributed by atoms with Gasteiger partial charge in [0.05, 0.1) is 5.69 Å². The van der Waals surface area contributed by atoms with Gasteiger partial charge in [0.15, 0.2) is 11.5 Å². The number of hydrogen-bond acceptors (Lipinski definition) is 5.